The molecule has 0 saturated heterocycles. The maximum atomic E-state index is 12.0. The van der Waals surface area contributed by atoms with Crippen molar-refractivity contribution in [1.29, 1.82) is 0 Å². The molecule has 0 aromatic heterocycles. The molecule has 1 aromatic carbocycles. The smallest absolute Gasteiger partial charge is 0.321 e. The van der Waals surface area contributed by atoms with Gasteiger partial charge in [0.05, 0.1) is 4.90 Å². The first-order valence-corrected chi connectivity index (χ1v) is 7.94. The van der Waals surface area contributed by atoms with Gasteiger partial charge in [-0.15, -0.1) is 0 Å². The first-order valence-electron chi connectivity index (χ1n) is 6.46. The Morgan fingerprint density at radius 1 is 1.30 bits per heavy atom. The molecule has 0 spiro atoms. The summed E-state index contributed by atoms with van der Waals surface area (Å²) in [6.45, 7) is 7.53. The molecule has 0 aliphatic heterocycles. The van der Waals surface area contributed by atoms with Gasteiger partial charge in [0.25, 0.3) is 0 Å². The van der Waals surface area contributed by atoms with Gasteiger partial charge < -0.3 is 5.11 Å². The molecule has 20 heavy (non-hydrogen) atoms. The third kappa shape index (κ3) is 3.80. The van der Waals surface area contributed by atoms with E-state index >= 15 is 0 Å². The summed E-state index contributed by atoms with van der Waals surface area (Å²) in [7, 11) is -3.80. The minimum Gasteiger partial charge on any atom is -0.480 e. The van der Waals surface area contributed by atoms with E-state index in [0.717, 1.165) is 12.0 Å². The van der Waals surface area contributed by atoms with Gasteiger partial charge >= 0.3 is 5.97 Å². The molecule has 1 atom stereocenters. The third-order valence-corrected chi connectivity index (χ3v) is 5.09. The Hall–Kier alpha value is -1.40. The number of benzene rings is 1. The molecular formula is C14H21NO4S. The van der Waals surface area contributed by atoms with E-state index in [1.807, 2.05) is 0 Å². The van der Waals surface area contributed by atoms with Gasteiger partial charge in [0.15, 0.2) is 0 Å². The SMILES string of the molecule is CCC(C)(C)c1ccc(S(=O)(=O)N[C@H](C)C(=O)O)cc1. The highest BCUT2D eigenvalue weighted by Crippen LogP contribution is 2.27. The van der Waals surface area contributed by atoms with Crippen molar-refractivity contribution in [3.05, 3.63) is 29.8 Å². The van der Waals surface area contributed by atoms with Crippen molar-refractivity contribution in [2.75, 3.05) is 0 Å². The second kappa shape index (κ2) is 5.93. The summed E-state index contributed by atoms with van der Waals surface area (Å²) in [5, 5.41) is 8.75. The summed E-state index contributed by atoms with van der Waals surface area (Å²) >= 11 is 0. The van der Waals surface area contributed by atoms with Gasteiger partial charge in [0.2, 0.25) is 10.0 Å². The van der Waals surface area contributed by atoms with Crippen molar-refractivity contribution in [3.8, 4) is 0 Å². The second-order valence-electron chi connectivity index (χ2n) is 5.44. The van der Waals surface area contributed by atoms with Gasteiger partial charge in [-0.3, -0.25) is 4.79 Å². The van der Waals surface area contributed by atoms with Crippen LogP contribution in [-0.4, -0.2) is 25.5 Å². The van der Waals surface area contributed by atoms with Gasteiger partial charge in [-0.1, -0.05) is 32.9 Å². The molecule has 0 amide bonds. The molecule has 112 valence electrons. The number of rotatable bonds is 6. The average Bonchev–Trinajstić information content (AvgIpc) is 2.38. The van der Waals surface area contributed by atoms with Crippen LogP contribution in [0.25, 0.3) is 0 Å². The van der Waals surface area contributed by atoms with E-state index < -0.39 is 22.0 Å². The van der Waals surface area contributed by atoms with Crippen molar-refractivity contribution >= 4 is 16.0 Å². The predicted molar refractivity (Wildman–Crippen MR) is 77.2 cm³/mol. The molecule has 0 fully saturated rings. The van der Waals surface area contributed by atoms with Gasteiger partial charge in [0, 0.05) is 0 Å². The van der Waals surface area contributed by atoms with Crippen molar-refractivity contribution < 1.29 is 18.3 Å². The van der Waals surface area contributed by atoms with E-state index in [-0.39, 0.29) is 10.3 Å². The van der Waals surface area contributed by atoms with Crippen molar-refractivity contribution in [2.24, 2.45) is 0 Å². The maximum Gasteiger partial charge on any atom is 0.321 e. The van der Waals surface area contributed by atoms with Crippen molar-refractivity contribution in [2.45, 2.75) is 50.5 Å². The molecular weight excluding hydrogens is 278 g/mol. The molecule has 0 unspecified atom stereocenters. The molecule has 0 saturated carbocycles. The van der Waals surface area contributed by atoms with Crippen molar-refractivity contribution in [1.82, 2.24) is 4.72 Å². The third-order valence-electron chi connectivity index (χ3n) is 3.53. The van der Waals surface area contributed by atoms with E-state index in [0.29, 0.717) is 0 Å². The monoisotopic (exact) mass is 299 g/mol. The largest absolute Gasteiger partial charge is 0.480 e. The van der Waals surface area contributed by atoms with Crippen LogP contribution in [0, 0.1) is 0 Å². The number of nitrogens with one attached hydrogen (secondary N) is 1. The van der Waals surface area contributed by atoms with Crippen molar-refractivity contribution in [3.63, 3.8) is 0 Å². The summed E-state index contributed by atoms with van der Waals surface area (Å²) in [4.78, 5) is 10.8. The summed E-state index contributed by atoms with van der Waals surface area (Å²) in [5.74, 6) is -1.21. The Balaban J connectivity index is 3.02. The second-order valence-corrected chi connectivity index (χ2v) is 7.16. The highest BCUT2D eigenvalue weighted by atomic mass is 32.2. The summed E-state index contributed by atoms with van der Waals surface area (Å²) in [6, 6.07) is 5.38. The zero-order chi connectivity index (χ0) is 15.6. The van der Waals surface area contributed by atoms with E-state index in [1.54, 1.807) is 12.1 Å². The minimum atomic E-state index is -3.80. The lowest BCUT2D eigenvalue weighted by molar-refractivity contribution is -0.138. The first-order chi connectivity index (χ1) is 9.10. The summed E-state index contributed by atoms with van der Waals surface area (Å²) in [6.07, 6.45) is 0.938. The fourth-order valence-corrected chi connectivity index (χ4v) is 2.84. The quantitative estimate of drug-likeness (QED) is 0.843. The molecule has 0 bridgehead atoms. The minimum absolute atomic E-state index is 0.0237. The number of sulfonamides is 1. The standard InChI is InChI=1S/C14H21NO4S/c1-5-14(3,4)11-6-8-12(9-7-11)20(18,19)15-10(2)13(16)17/h6-10,15H,5H2,1-4H3,(H,16,17)/t10-/m1/s1. The van der Waals surface area contributed by atoms with Crippen LogP contribution >= 0.6 is 0 Å². The van der Waals surface area contributed by atoms with Crippen LogP contribution in [0.15, 0.2) is 29.2 Å². The number of hydrogen-bond acceptors (Lipinski definition) is 3. The van der Waals surface area contributed by atoms with Crippen LogP contribution in [-0.2, 0) is 20.2 Å². The average molecular weight is 299 g/mol. The van der Waals surface area contributed by atoms with Gasteiger partial charge in [0.1, 0.15) is 6.04 Å². The van der Waals surface area contributed by atoms with Crippen LogP contribution in [0.4, 0.5) is 0 Å². The Labute approximate surface area is 120 Å². The Bertz CT molecular complexity index is 576. The Kier molecular flexibility index (Phi) is 4.94. The highest BCUT2D eigenvalue weighted by Gasteiger charge is 2.23. The van der Waals surface area contributed by atoms with Gasteiger partial charge in [-0.2, -0.15) is 4.72 Å². The Morgan fingerprint density at radius 3 is 2.20 bits per heavy atom. The lowest BCUT2D eigenvalue weighted by Gasteiger charge is -2.23. The molecule has 0 heterocycles. The number of carboxylic acid groups (broad SMARTS) is 1. The molecule has 0 radical (unpaired) electrons. The highest BCUT2D eigenvalue weighted by molar-refractivity contribution is 7.89. The van der Waals surface area contributed by atoms with E-state index in [9.17, 15) is 13.2 Å². The van der Waals surface area contributed by atoms with Gasteiger partial charge in [-0.05, 0) is 36.5 Å². The zero-order valence-corrected chi connectivity index (χ0v) is 13.0. The summed E-state index contributed by atoms with van der Waals surface area (Å²) in [5.41, 5.74) is 1.02. The van der Waals surface area contributed by atoms with E-state index in [1.165, 1.54) is 19.1 Å². The molecule has 6 heteroatoms. The Morgan fingerprint density at radius 2 is 1.80 bits per heavy atom. The first kappa shape index (κ1) is 16.7. The molecule has 5 nitrogen and oxygen atoms in total. The topological polar surface area (TPSA) is 83.5 Å². The van der Waals surface area contributed by atoms with E-state index in [4.69, 9.17) is 5.11 Å². The van der Waals surface area contributed by atoms with Crippen LogP contribution in [0.5, 0.6) is 0 Å². The van der Waals surface area contributed by atoms with Gasteiger partial charge in [-0.25, -0.2) is 8.42 Å². The molecule has 2 N–H and O–H groups in total. The van der Waals surface area contributed by atoms with E-state index in [2.05, 4.69) is 25.5 Å². The fraction of sp³-hybridized carbons (Fsp3) is 0.500. The number of aliphatic carboxylic acids is 1. The molecule has 1 aromatic rings. The maximum absolute atomic E-state index is 12.0. The lowest BCUT2D eigenvalue weighted by atomic mass is 9.82. The fourth-order valence-electron chi connectivity index (χ4n) is 1.64. The predicted octanol–water partition coefficient (Wildman–Crippen LogP) is 2.13. The zero-order valence-electron chi connectivity index (χ0n) is 12.2. The van der Waals surface area contributed by atoms with Crippen LogP contribution in [0.2, 0.25) is 0 Å². The molecule has 1 rings (SSSR count). The van der Waals surface area contributed by atoms with Crippen LogP contribution in [0.3, 0.4) is 0 Å². The van der Waals surface area contributed by atoms with Crippen LogP contribution < -0.4 is 4.72 Å². The lowest BCUT2D eigenvalue weighted by Crippen LogP contribution is -2.38. The molecule has 0 aliphatic rings. The number of hydrogen-bond donors (Lipinski definition) is 2. The number of carboxylic acids is 1. The molecule has 0 aliphatic carbocycles. The summed E-state index contributed by atoms with van der Waals surface area (Å²) < 4.78 is 26.1. The number of carbonyl (C=O) groups is 1. The van der Waals surface area contributed by atoms with Crippen LogP contribution in [0.1, 0.15) is 39.7 Å². The normalized spacial score (nSPS) is 14.0.